The van der Waals surface area contributed by atoms with E-state index >= 15 is 0 Å². The minimum absolute atomic E-state index is 0.890. The lowest BCUT2D eigenvalue weighted by Crippen LogP contribution is -1.99. The van der Waals surface area contributed by atoms with Crippen molar-refractivity contribution in [2.24, 2.45) is 0 Å². The van der Waals surface area contributed by atoms with Crippen LogP contribution in [0.2, 0.25) is 0 Å². The summed E-state index contributed by atoms with van der Waals surface area (Å²) in [5, 5.41) is 0. The van der Waals surface area contributed by atoms with Crippen LogP contribution in [0.4, 0.5) is 11.4 Å². The quantitative estimate of drug-likeness (QED) is 0.223. The molecule has 0 bridgehead atoms. The second-order valence-corrected chi connectivity index (χ2v) is 10.8. The molecule has 0 aliphatic rings. The topological polar surface area (TPSA) is 52.0 Å². The van der Waals surface area contributed by atoms with E-state index in [1.54, 1.807) is 0 Å². The molecule has 0 saturated heterocycles. The second kappa shape index (κ2) is 12.1. The monoisotopic (exact) mass is 490 g/mol. The predicted octanol–water partition coefficient (Wildman–Crippen LogP) is 7.83. The summed E-state index contributed by atoms with van der Waals surface area (Å²) in [6, 6.07) is 27.1. The second-order valence-electron chi connectivity index (χ2n) is 10.8. The molecule has 2 nitrogen and oxygen atoms in total. The number of rotatable bonds is 10. The van der Waals surface area contributed by atoms with Crippen LogP contribution in [0.5, 0.6) is 0 Å². The van der Waals surface area contributed by atoms with E-state index in [1.807, 2.05) is 0 Å². The Kier molecular flexibility index (Phi) is 8.71. The summed E-state index contributed by atoms with van der Waals surface area (Å²) in [7, 11) is 0. The molecule has 4 aromatic carbocycles. The fourth-order valence-electron chi connectivity index (χ4n) is 5.14. The van der Waals surface area contributed by atoms with Crippen molar-refractivity contribution in [3.8, 4) is 0 Å². The van der Waals surface area contributed by atoms with Crippen molar-refractivity contribution < 1.29 is 0 Å². The first-order chi connectivity index (χ1) is 17.8. The number of anilines is 2. The molecule has 4 aromatic rings. The zero-order valence-electron chi connectivity index (χ0n) is 23.0. The highest BCUT2D eigenvalue weighted by Crippen LogP contribution is 2.21. The molecule has 0 aliphatic carbocycles. The van der Waals surface area contributed by atoms with Crippen LogP contribution in [-0.4, -0.2) is 0 Å². The average molecular weight is 491 g/mol. The number of nitrogen functional groups attached to an aromatic ring is 2. The van der Waals surface area contributed by atoms with E-state index in [0.29, 0.717) is 0 Å². The average Bonchev–Trinajstić information content (AvgIpc) is 2.88. The summed E-state index contributed by atoms with van der Waals surface area (Å²) in [5.41, 5.74) is 27.2. The summed E-state index contributed by atoms with van der Waals surface area (Å²) >= 11 is 0. The van der Waals surface area contributed by atoms with Gasteiger partial charge in [-0.05, 0) is 140 Å². The molecule has 192 valence electrons. The van der Waals surface area contributed by atoms with Gasteiger partial charge in [-0.25, -0.2) is 0 Å². The van der Waals surface area contributed by atoms with Crippen molar-refractivity contribution in [3.05, 3.63) is 128 Å². The van der Waals surface area contributed by atoms with Crippen LogP contribution >= 0.6 is 0 Å². The van der Waals surface area contributed by atoms with Gasteiger partial charge in [0.1, 0.15) is 0 Å². The van der Waals surface area contributed by atoms with E-state index in [2.05, 4.69) is 100 Å². The van der Waals surface area contributed by atoms with Gasteiger partial charge < -0.3 is 11.5 Å². The fourth-order valence-corrected chi connectivity index (χ4v) is 5.14. The largest absolute Gasteiger partial charge is 0.399 e. The lowest BCUT2D eigenvalue weighted by atomic mass is 9.96. The predicted molar refractivity (Wildman–Crippen MR) is 160 cm³/mol. The van der Waals surface area contributed by atoms with Crippen molar-refractivity contribution >= 4 is 11.4 Å². The minimum Gasteiger partial charge on any atom is -0.399 e. The Bertz CT molecular complexity index is 1230. The Morgan fingerprint density at radius 3 is 1.08 bits per heavy atom. The van der Waals surface area contributed by atoms with Gasteiger partial charge in [0, 0.05) is 11.4 Å². The third kappa shape index (κ3) is 7.26. The van der Waals surface area contributed by atoms with Crippen LogP contribution in [0.3, 0.4) is 0 Å². The Morgan fingerprint density at radius 1 is 0.405 bits per heavy atom. The summed E-state index contributed by atoms with van der Waals surface area (Å²) < 4.78 is 0. The van der Waals surface area contributed by atoms with Crippen LogP contribution in [0.15, 0.2) is 72.8 Å². The molecule has 4 N–H and O–H groups in total. The SMILES string of the molecule is Cc1cc(CCc2ccc(CCCc3ccc(CCc4cc(C)c(N)cc4C)cc3)cc2)c(C)cc1N. The molecule has 0 saturated carbocycles. The normalized spacial score (nSPS) is 11.1. The van der Waals surface area contributed by atoms with Crippen molar-refractivity contribution in [3.63, 3.8) is 0 Å². The van der Waals surface area contributed by atoms with Crippen LogP contribution in [0, 0.1) is 27.7 Å². The van der Waals surface area contributed by atoms with Gasteiger partial charge in [-0.15, -0.1) is 0 Å². The fraction of sp³-hybridized carbons (Fsp3) is 0.314. The summed E-state index contributed by atoms with van der Waals surface area (Å²) in [5.74, 6) is 0. The van der Waals surface area contributed by atoms with E-state index in [4.69, 9.17) is 11.5 Å². The van der Waals surface area contributed by atoms with Gasteiger partial charge in [0.25, 0.3) is 0 Å². The Balaban J connectivity index is 1.21. The first-order valence-electron chi connectivity index (χ1n) is 13.7. The van der Waals surface area contributed by atoms with E-state index in [0.717, 1.165) is 49.9 Å². The number of hydrogen-bond donors (Lipinski definition) is 2. The lowest BCUT2D eigenvalue weighted by molar-refractivity contribution is 0.818. The van der Waals surface area contributed by atoms with E-state index in [-0.39, 0.29) is 0 Å². The molecule has 0 aromatic heterocycles. The summed E-state index contributed by atoms with van der Waals surface area (Å²) in [4.78, 5) is 0. The highest BCUT2D eigenvalue weighted by Gasteiger charge is 2.05. The van der Waals surface area contributed by atoms with Crippen molar-refractivity contribution in [1.29, 1.82) is 0 Å². The lowest BCUT2D eigenvalue weighted by Gasteiger charge is -2.10. The molecule has 0 unspecified atom stereocenters. The van der Waals surface area contributed by atoms with Gasteiger partial charge in [-0.2, -0.15) is 0 Å². The van der Waals surface area contributed by atoms with Crippen molar-refractivity contribution in [2.45, 2.75) is 72.6 Å². The smallest absolute Gasteiger partial charge is 0.0346 e. The summed E-state index contributed by atoms with van der Waals surface area (Å²) in [6.07, 6.45) is 7.65. The molecule has 0 atom stereocenters. The standard InChI is InChI=1S/C35H42N2/c1-24-22-34(36)26(3)20-32(24)18-16-30-12-8-28(9-13-30)6-5-7-29-10-14-31(15-11-29)17-19-33-21-27(4)35(37)23-25(33)2/h8-15,20-23H,5-7,16-19,36-37H2,1-4H3. The number of hydrogen-bond acceptors (Lipinski definition) is 2. The highest BCUT2D eigenvalue weighted by molar-refractivity contribution is 5.52. The van der Waals surface area contributed by atoms with Crippen LogP contribution in [0.1, 0.15) is 62.1 Å². The highest BCUT2D eigenvalue weighted by atomic mass is 14.6. The Labute approximate surface area is 223 Å². The Morgan fingerprint density at radius 2 is 0.730 bits per heavy atom. The minimum atomic E-state index is 0.890. The molecule has 37 heavy (non-hydrogen) atoms. The molecule has 0 heterocycles. The van der Waals surface area contributed by atoms with Gasteiger partial charge in [-0.1, -0.05) is 60.7 Å². The van der Waals surface area contributed by atoms with Gasteiger partial charge in [-0.3, -0.25) is 0 Å². The van der Waals surface area contributed by atoms with E-state index in [9.17, 15) is 0 Å². The van der Waals surface area contributed by atoms with E-state index < -0.39 is 0 Å². The van der Waals surface area contributed by atoms with Gasteiger partial charge >= 0.3 is 0 Å². The van der Waals surface area contributed by atoms with Gasteiger partial charge in [0.2, 0.25) is 0 Å². The zero-order chi connectivity index (χ0) is 26.4. The molecular weight excluding hydrogens is 448 g/mol. The maximum absolute atomic E-state index is 6.04. The number of nitrogens with two attached hydrogens (primary N) is 2. The molecule has 4 rings (SSSR count). The van der Waals surface area contributed by atoms with E-state index in [1.165, 1.54) is 62.1 Å². The molecule has 0 amide bonds. The summed E-state index contributed by atoms with van der Waals surface area (Å²) in [6.45, 7) is 8.49. The number of benzene rings is 4. The maximum atomic E-state index is 6.04. The van der Waals surface area contributed by atoms with Crippen LogP contribution in [-0.2, 0) is 38.5 Å². The number of aryl methyl sites for hydroxylation is 10. The van der Waals surface area contributed by atoms with Crippen molar-refractivity contribution in [2.75, 3.05) is 11.5 Å². The first-order valence-corrected chi connectivity index (χ1v) is 13.7. The molecule has 0 radical (unpaired) electrons. The maximum Gasteiger partial charge on any atom is 0.0346 e. The van der Waals surface area contributed by atoms with Crippen molar-refractivity contribution in [1.82, 2.24) is 0 Å². The molecule has 0 aliphatic heterocycles. The molecular formula is C35H42N2. The third-order valence-corrected chi connectivity index (χ3v) is 7.79. The molecule has 0 fully saturated rings. The van der Waals surface area contributed by atoms with Crippen LogP contribution < -0.4 is 11.5 Å². The molecule has 2 heteroatoms. The molecule has 0 spiro atoms. The van der Waals surface area contributed by atoms with Gasteiger partial charge in [0.15, 0.2) is 0 Å². The van der Waals surface area contributed by atoms with Crippen LogP contribution in [0.25, 0.3) is 0 Å². The third-order valence-electron chi connectivity index (χ3n) is 7.79. The Hall–Kier alpha value is -3.52. The zero-order valence-corrected chi connectivity index (χ0v) is 23.0. The first kappa shape index (κ1) is 26.5. The van der Waals surface area contributed by atoms with Gasteiger partial charge in [0.05, 0.1) is 0 Å².